The number of pyridine rings is 1. The second kappa shape index (κ2) is 9.34. The molecule has 0 spiro atoms. The maximum Gasteiger partial charge on any atom is 0.274 e. The lowest BCUT2D eigenvalue weighted by molar-refractivity contribution is 0.0945. The number of benzene rings is 2. The summed E-state index contributed by atoms with van der Waals surface area (Å²) in [5.74, 6) is -0.212. The molecule has 4 aromatic rings. The second-order valence-corrected chi connectivity index (χ2v) is 8.33. The smallest absolute Gasteiger partial charge is 0.274 e. The molecular weight excluding hydrogens is 412 g/mol. The third-order valence-electron chi connectivity index (χ3n) is 6.11. The zero-order valence-corrected chi connectivity index (χ0v) is 18.6. The van der Waals surface area contributed by atoms with Gasteiger partial charge >= 0.3 is 0 Å². The van der Waals surface area contributed by atoms with Crippen molar-refractivity contribution < 1.29 is 4.79 Å². The first-order valence-corrected chi connectivity index (χ1v) is 11.2. The number of rotatable bonds is 6. The summed E-state index contributed by atoms with van der Waals surface area (Å²) in [6, 6.07) is 20.3. The van der Waals surface area contributed by atoms with Gasteiger partial charge in [0.05, 0.1) is 11.4 Å². The molecule has 0 radical (unpaired) electrons. The van der Waals surface area contributed by atoms with Crippen molar-refractivity contribution in [3.8, 4) is 5.69 Å². The Bertz CT molecular complexity index is 1250. The van der Waals surface area contributed by atoms with Crippen LogP contribution in [0.2, 0.25) is 0 Å². The van der Waals surface area contributed by atoms with Gasteiger partial charge in [0.25, 0.3) is 5.91 Å². The number of aromatic nitrogens is 4. The molecule has 33 heavy (non-hydrogen) atoms. The van der Waals surface area contributed by atoms with Crippen LogP contribution in [-0.4, -0.2) is 37.3 Å². The van der Waals surface area contributed by atoms with E-state index in [1.54, 1.807) is 4.68 Å². The van der Waals surface area contributed by atoms with Gasteiger partial charge in [0.2, 0.25) is 0 Å². The molecule has 0 atom stereocenters. The number of hydrogen-bond acceptors (Lipinski definition) is 5. The first-order chi connectivity index (χ1) is 16.2. The summed E-state index contributed by atoms with van der Waals surface area (Å²) in [5, 5.41) is 11.5. The van der Waals surface area contributed by atoms with Gasteiger partial charge in [-0.05, 0) is 53.8 Å². The molecule has 5 rings (SSSR count). The maximum atomic E-state index is 12.8. The van der Waals surface area contributed by atoms with Crippen molar-refractivity contribution >= 4 is 5.91 Å². The van der Waals surface area contributed by atoms with Crippen LogP contribution in [0.1, 0.15) is 38.4 Å². The van der Waals surface area contributed by atoms with Crippen molar-refractivity contribution in [3.63, 3.8) is 0 Å². The van der Waals surface area contributed by atoms with E-state index in [0.29, 0.717) is 12.2 Å². The third-order valence-corrected chi connectivity index (χ3v) is 6.11. The number of fused-ring (bicyclic) bond motifs is 1. The van der Waals surface area contributed by atoms with Gasteiger partial charge in [0.1, 0.15) is 0 Å². The molecule has 7 nitrogen and oxygen atoms in total. The molecule has 0 saturated carbocycles. The number of hydrogen-bond donors (Lipinski definition) is 1. The van der Waals surface area contributed by atoms with Crippen LogP contribution in [0.3, 0.4) is 0 Å². The van der Waals surface area contributed by atoms with Gasteiger partial charge in [-0.25, -0.2) is 4.68 Å². The quantitative estimate of drug-likeness (QED) is 0.499. The summed E-state index contributed by atoms with van der Waals surface area (Å²) in [6.45, 7) is 5.10. The van der Waals surface area contributed by atoms with Gasteiger partial charge in [-0.1, -0.05) is 47.7 Å². The lowest BCUT2D eigenvalue weighted by Gasteiger charge is -2.30. The zero-order valence-electron chi connectivity index (χ0n) is 18.6. The highest BCUT2D eigenvalue weighted by atomic mass is 16.2. The highest BCUT2D eigenvalue weighted by Gasteiger charge is 2.23. The van der Waals surface area contributed by atoms with Gasteiger partial charge < -0.3 is 5.32 Å². The number of nitrogens with one attached hydrogen (secondary N) is 1. The van der Waals surface area contributed by atoms with Crippen LogP contribution in [0.4, 0.5) is 0 Å². The number of carbonyl (C=O) groups is 1. The molecule has 0 fully saturated rings. The van der Waals surface area contributed by atoms with Gasteiger partial charge in [0, 0.05) is 38.6 Å². The van der Waals surface area contributed by atoms with Crippen molar-refractivity contribution in [2.75, 3.05) is 6.54 Å². The van der Waals surface area contributed by atoms with E-state index in [2.05, 4.69) is 55.8 Å². The lowest BCUT2D eigenvalue weighted by Crippen LogP contribution is -2.31. The van der Waals surface area contributed by atoms with Crippen LogP contribution in [-0.2, 0) is 26.1 Å². The van der Waals surface area contributed by atoms with E-state index in [1.165, 1.54) is 16.7 Å². The standard InChI is InChI=1S/C26H26N6O/c1-19-25(26(33)28-16-20-6-3-2-4-7-20)29-30-32(19)24-9-5-8-22-18-31(15-12-23(22)24)17-21-10-13-27-14-11-21/h2-11,13-14H,12,15-18H2,1H3,(H,28,33). The summed E-state index contributed by atoms with van der Waals surface area (Å²) in [7, 11) is 0. The summed E-state index contributed by atoms with van der Waals surface area (Å²) in [5.41, 5.74) is 6.98. The predicted octanol–water partition coefficient (Wildman–Crippen LogP) is 3.46. The van der Waals surface area contributed by atoms with E-state index in [4.69, 9.17) is 0 Å². The van der Waals surface area contributed by atoms with E-state index >= 15 is 0 Å². The lowest BCUT2D eigenvalue weighted by atomic mass is 9.97. The van der Waals surface area contributed by atoms with Gasteiger partial charge in [-0.15, -0.1) is 5.10 Å². The highest BCUT2D eigenvalue weighted by Crippen LogP contribution is 2.27. The fourth-order valence-electron chi connectivity index (χ4n) is 4.36. The Morgan fingerprint density at radius 2 is 1.82 bits per heavy atom. The van der Waals surface area contributed by atoms with Crippen LogP contribution in [0.5, 0.6) is 0 Å². The minimum absolute atomic E-state index is 0.212. The Labute approximate surface area is 193 Å². The van der Waals surface area contributed by atoms with Crippen LogP contribution >= 0.6 is 0 Å². The first kappa shape index (κ1) is 21.0. The van der Waals surface area contributed by atoms with E-state index in [-0.39, 0.29) is 5.91 Å². The molecule has 1 N–H and O–H groups in total. The number of amides is 1. The largest absolute Gasteiger partial charge is 0.347 e. The second-order valence-electron chi connectivity index (χ2n) is 8.33. The minimum Gasteiger partial charge on any atom is -0.347 e. The van der Waals surface area contributed by atoms with E-state index in [9.17, 15) is 4.79 Å². The Morgan fingerprint density at radius 3 is 2.64 bits per heavy atom. The molecule has 2 aromatic carbocycles. The molecule has 7 heteroatoms. The summed E-state index contributed by atoms with van der Waals surface area (Å²) in [6.07, 6.45) is 4.60. The number of carbonyl (C=O) groups excluding carboxylic acids is 1. The molecule has 1 aliphatic rings. The molecule has 2 aromatic heterocycles. The SMILES string of the molecule is Cc1c(C(=O)NCc2ccccc2)nnn1-c1cccc2c1CCN(Cc1ccncc1)C2. The zero-order chi connectivity index (χ0) is 22.6. The van der Waals surface area contributed by atoms with Crippen molar-refractivity contribution in [2.24, 2.45) is 0 Å². The average Bonchev–Trinajstić information content (AvgIpc) is 3.24. The maximum absolute atomic E-state index is 12.8. The van der Waals surface area contributed by atoms with Crippen molar-refractivity contribution in [2.45, 2.75) is 33.0 Å². The third kappa shape index (κ3) is 4.54. The molecule has 1 aliphatic heterocycles. The molecule has 3 heterocycles. The van der Waals surface area contributed by atoms with E-state index < -0.39 is 0 Å². The first-order valence-electron chi connectivity index (χ1n) is 11.2. The Morgan fingerprint density at radius 1 is 1.00 bits per heavy atom. The Hall–Kier alpha value is -3.84. The van der Waals surface area contributed by atoms with Gasteiger partial charge in [-0.3, -0.25) is 14.7 Å². The van der Waals surface area contributed by atoms with Crippen molar-refractivity contribution in [1.29, 1.82) is 0 Å². The minimum atomic E-state index is -0.212. The molecule has 166 valence electrons. The highest BCUT2D eigenvalue weighted by molar-refractivity contribution is 5.93. The predicted molar refractivity (Wildman–Crippen MR) is 126 cm³/mol. The van der Waals surface area contributed by atoms with E-state index in [1.807, 2.05) is 49.6 Å². The molecule has 0 unspecified atom stereocenters. The van der Waals surface area contributed by atoms with Crippen molar-refractivity contribution in [1.82, 2.24) is 30.2 Å². The van der Waals surface area contributed by atoms with Gasteiger partial charge in [-0.2, -0.15) is 0 Å². The average molecular weight is 439 g/mol. The number of nitrogens with zero attached hydrogens (tertiary/aromatic N) is 5. The van der Waals surface area contributed by atoms with E-state index in [0.717, 1.165) is 43.0 Å². The fraction of sp³-hybridized carbons (Fsp3) is 0.231. The van der Waals surface area contributed by atoms with Crippen LogP contribution in [0.25, 0.3) is 5.69 Å². The molecule has 1 amide bonds. The summed E-state index contributed by atoms with van der Waals surface area (Å²) >= 11 is 0. The fourth-order valence-corrected chi connectivity index (χ4v) is 4.36. The van der Waals surface area contributed by atoms with Crippen LogP contribution in [0.15, 0.2) is 73.1 Å². The van der Waals surface area contributed by atoms with Gasteiger partial charge in [0.15, 0.2) is 5.69 Å². The molecule has 0 bridgehead atoms. The summed E-state index contributed by atoms with van der Waals surface area (Å²) in [4.78, 5) is 19.3. The monoisotopic (exact) mass is 438 g/mol. The Balaban J connectivity index is 1.33. The van der Waals surface area contributed by atoms with Crippen molar-refractivity contribution in [3.05, 3.63) is 107 Å². The molecular formula is C26H26N6O. The normalized spacial score (nSPS) is 13.5. The molecule has 0 aliphatic carbocycles. The van der Waals surface area contributed by atoms with Crippen LogP contribution in [0, 0.1) is 6.92 Å². The van der Waals surface area contributed by atoms with Crippen LogP contribution < -0.4 is 5.32 Å². The summed E-state index contributed by atoms with van der Waals surface area (Å²) < 4.78 is 1.80. The Kier molecular flexibility index (Phi) is 5.95. The topological polar surface area (TPSA) is 75.9 Å². The molecule has 0 saturated heterocycles.